The van der Waals surface area contributed by atoms with Gasteiger partial charge in [-0.1, -0.05) is 23.7 Å². The molecule has 2 rings (SSSR count). The first-order valence-electron chi connectivity index (χ1n) is 8.41. The number of amides is 2. The van der Waals surface area contributed by atoms with Crippen LogP contribution in [0.5, 0.6) is 5.75 Å². The predicted molar refractivity (Wildman–Crippen MR) is 94.2 cm³/mol. The van der Waals surface area contributed by atoms with E-state index in [1.165, 1.54) is 0 Å². The zero-order chi connectivity index (χ0) is 18.1. The highest BCUT2D eigenvalue weighted by molar-refractivity contribution is 6.32. The average molecular weight is 364 g/mol. The minimum atomic E-state index is -0.162. The van der Waals surface area contributed by atoms with Crippen LogP contribution in [0.1, 0.15) is 25.7 Å². The number of rotatable bonds is 6. The summed E-state index contributed by atoms with van der Waals surface area (Å²) < 4.78 is 5.59. The van der Waals surface area contributed by atoms with E-state index in [1.807, 2.05) is 18.2 Å². The second-order valence-corrected chi connectivity index (χ2v) is 6.24. The van der Waals surface area contributed by atoms with Gasteiger partial charge in [-0.15, -0.1) is 0 Å². The van der Waals surface area contributed by atoms with E-state index >= 15 is 0 Å². The van der Waals surface area contributed by atoms with Crippen molar-refractivity contribution in [2.45, 2.75) is 25.7 Å². The normalized spacial score (nSPS) is 14.6. The predicted octanol–water partition coefficient (Wildman–Crippen LogP) is 2.47. The van der Waals surface area contributed by atoms with E-state index in [1.54, 1.807) is 21.9 Å². The summed E-state index contributed by atoms with van der Waals surface area (Å²) in [7, 11) is 0. The largest absolute Gasteiger partial charge is 0.492 e. The van der Waals surface area contributed by atoms with Crippen LogP contribution >= 0.6 is 11.6 Å². The molecule has 1 fully saturated rings. The number of ether oxygens (including phenoxy) is 1. The van der Waals surface area contributed by atoms with E-state index in [0.717, 1.165) is 6.42 Å². The molecular weight excluding hydrogens is 342 g/mol. The molecule has 1 aromatic carbocycles. The zero-order valence-corrected chi connectivity index (χ0v) is 14.9. The standard InChI is InChI=1S/C18H22ClN3O3/c19-15-5-1-2-6-16(15)25-14-3-7-17(23)21-10-4-11-22(13-12-21)18(24)8-9-20/h1-2,5-6H,3-4,7-8,10-14H2. The number of nitrogens with zero attached hydrogens (tertiary/aromatic N) is 3. The van der Waals surface area contributed by atoms with Gasteiger partial charge in [-0.25, -0.2) is 0 Å². The molecule has 1 aromatic rings. The van der Waals surface area contributed by atoms with Crippen molar-refractivity contribution < 1.29 is 14.3 Å². The van der Waals surface area contributed by atoms with Crippen LogP contribution in [0.3, 0.4) is 0 Å². The van der Waals surface area contributed by atoms with Crippen LogP contribution in [0.4, 0.5) is 0 Å². The number of carbonyl (C=O) groups excluding carboxylic acids is 2. The fourth-order valence-corrected chi connectivity index (χ4v) is 2.91. The van der Waals surface area contributed by atoms with Crippen molar-refractivity contribution >= 4 is 23.4 Å². The van der Waals surface area contributed by atoms with Crippen molar-refractivity contribution in [1.29, 1.82) is 5.26 Å². The fraction of sp³-hybridized carbons (Fsp3) is 0.500. The lowest BCUT2D eigenvalue weighted by atomic mass is 10.2. The molecule has 0 N–H and O–H groups in total. The lowest BCUT2D eigenvalue weighted by Gasteiger charge is -2.21. The molecular formula is C18H22ClN3O3. The molecule has 1 saturated heterocycles. The molecule has 25 heavy (non-hydrogen) atoms. The average Bonchev–Trinajstić information content (AvgIpc) is 2.86. The molecule has 0 radical (unpaired) electrons. The smallest absolute Gasteiger partial charge is 0.236 e. The highest BCUT2D eigenvalue weighted by atomic mass is 35.5. The van der Waals surface area contributed by atoms with Gasteiger partial charge >= 0.3 is 0 Å². The Morgan fingerprint density at radius 1 is 1.12 bits per heavy atom. The van der Waals surface area contributed by atoms with Crippen molar-refractivity contribution in [3.8, 4) is 11.8 Å². The minimum absolute atomic E-state index is 0.0670. The molecule has 7 heteroatoms. The number of nitriles is 1. The van der Waals surface area contributed by atoms with Crippen LogP contribution in [0.25, 0.3) is 0 Å². The number of halogens is 1. The van der Waals surface area contributed by atoms with Gasteiger partial charge < -0.3 is 14.5 Å². The highest BCUT2D eigenvalue weighted by Crippen LogP contribution is 2.23. The molecule has 2 amide bonds. The van der Waals surface area contributed by atoms with E-state index in [-0.39, 0.29) is 18.2 Å². The molecule has 6 nitrogen and oxygen atoms in total. The summed E-state index contributed by atoms with van der Waals surface area (Å²) in [5.41, 5.74) is 0. The Kier molecular flexibility index (Phi) is 7.55. The first-order chi connectivity index (χ1) is 12.1. The van der Waals surface area contributed by atoms with Crippen molar-refractivity contribution in [2.75, 3.05) is 32.8 Å². The van der Waals surface area contributed by atoms with Gasteiger partial charge in [0.05, 0.1) is 17.7 Å². The first kappa shape index (κ1) is 19.1. The Labute approximate surface area is 152 Å². The third-order valence-electron chi connectivity index (χ3n) is 4.06. The van der Waals surface area contributed by atoms with E-state index < -0.39 is 0 Å². The lowest BCUT2D eigenvalue weighted by molar-refractivity contribution is -0.133. The molecule has 1 aliphatic rings. The third-order valence-corrected chi connectivity index (χ3v) is 4.37. The quantitative estimate of drug-likeness (QED) is 0.728. The van der Waals surface area contributed by atoms with E-state index in [4.69, 9.17) is 21.6 Å². The Balaban J connectivity index is 1.71. The molecule has 1 aliphatic heterocycles. The van der Waals surface area contributed by atoms with Gasteiger partial charge in [0, 0.05) is 32.6 Å². The van der Waals surface area contributed by atoms with E-state index in [9.17, 15) is 9.59 Å². The summed E-state index contributed by atoms with van der Waals surface area (Å²) in [5, 5.41) is 9.17. The molecule has 0 spiro atoms. The van der Waals surface area contributed by atoms with Crippen LogP contribution in [0.2, 0.25) is 5.02 Å². The van der Waals surface area contributed by atoms with Crippen molar-refractivity contribution in [1.82, 2.24) is 9.80 Å². The second-order valence-electron chi connectivity index (χ2n) is 5.83. The van der Waals surface area contributed by atoms with E-state index in [2.05, 4.69) is 0 Å². The Hall–Kier alpha value is -2.26. The SMILES string of the molecule is N#CCC(=O)N1CCCN(C(=O)CCCOc2ccccc2Cl)CC1. The maximum Gasteiger partial charge on any atom is 0.236 e. The Morgan fingerprint density at radius 3 is 2.48 bits per heavy atom. The number of para-hydroxylation sites is 1. The molecule has 0 bridgehead atoms. The van der Waals surface area contributed by atoms with Gasteiger partial charge in [0.15, 0.2) is 0 Å². The molecule has 0 aromatic heterocycles. The molecule has 0 saturated carbocycles. The Morgan fingerprint density at radius 2 is 1.80 bits per heavy atom. The number of carbonyl (C=O) groups is 2. The molecule has 0 aliphatic carbocycles. The van der Waals surface area contributed by atoms with Crippen LogP contribution in [0.15, 0.2) is 24.3 Å². The summed E-state index contributed by atoms with van der Waals surface area (Å²) in [6.45, 7) is 2.67. The van der Waals surface area contributed by atoms with Crippen LogP contribution in [0, 0.1) is 11.3 Å². The molecule has 1 heterocycles. The Bertz CT molecular complexity index is 645. The molecule has 134 valence electrons. The van der Waals surface area contributed by atoms with Crippen LogP contribution in [-0.2, 0) is 9.59 Å². The highest BCUT2D eigenvalue weighted by Gasteiger charge is 2.21. The topological polar surface area (TPSA) is 73.6 Å². The van der Waals surface area contributed by atoms with Crippen molar-refractivity contribution in [2.24, 2.45) is 0 Å². The van der Waals surface area contributed by atoms with Crippen molar-refractivity contribution in [3.63, 3.8) is 0 Å². The first-order valence-corrected chi connectivity index (χ1v) is 8.79. The van der Waals surface area contributed by atoms with Gasteiger partial charge in [0.2, 0.25) is 11.8 Å². The van der Waals surface area contributed by atoms with Crippen LogP contribution in [-0.4, -0.2) is 54.4 Å². The molecule has 0 unspecified atom stereocenters. The third kappa shape index (κ3) is 5.95. The lowest BCUT2D eigenvalue weighted by Crippen LogP contribution is -2.37. The second kappa shape index (κ2) is 9.90. The number of hydrogen-bond acceptors (Lipinski definition) is 4. The maximum absolute atomic E-state index is 12.3. The summed E-state index contributed by atoms with van der Waals surface area (Å²) in [4.78, 5) is 27.5. The summed E-state index contributed by atoms with van der Waals surface area (Å²) in [5.74, 6) is 0.528. The van der Waals surface area contributed by atoms with Gasteiger partial charge in [-0.05, 0) is 25.0 Å². The van der Waals surface area contributed by atoms with Gasteiger partial charge in [0.25, 0.3) is 0 Å². The fourth-order valence-electron chi connectivity index (χ4n) is 2.72. The summed E-state index contributed by atoms with van der Waals surface area (Å²) in [6, 6.07) is 9.12. The van der Waals surface area contributed by atoms with Gasteiger partial charge in [-0.3, -0.25) is 9.59 Å². The monoisotopic (exact) mass is 363 g/mol. The zero-order valence-electron chi connectivity index (χ0n) is 14.1. The summed E-state index contributed by atoms with van der Waals surface area (Å²) in [6.07, 6.45) is 1.64. The summed E-state index contributed by atoms with van der Waals surface area (Å²) >= 11 is 6.01. The van der Waals surface area contributed by atoms with Gasteiger partial charge in [-0.2, -0.15) is 5.26 Å². The number of hydrogen-bond donors (Lipinski definition) is 0. The maximum atomic E-state index is 12.3. The minimum Gasteiger partial charge on any atom is -0.492 e. The van der Waals surface area contributed by atoms with E-state index in [0.29, 0.717) is 56.4 Å². The van der Waals surface area contributed by atoms with Crippen LogP contribution < -0.4 is 4.74 Å². The van der Waals surface area contributed by atoms with Crippen molar-refractivity contribution in [3.05, 3.63) is 29.3 Å². The number of benzene rings is 1. The molecule has 0 atom stereocenters. The van der Waals surface area contributed by atoms with Gasteiger partial charge in [0.1, 0.15) is 12.2 Å².